The van der Waals surface area contributed by atoms with Crippen LogP contribution in [0, 0.1) is 6.92 Å². The second-order valence-corrected chi connectivity index (χ2v) is 7.82. The number of aromatic nitrogens is 2. The summed E-state index contributed by atoms with van der Waals surface area (Å²) in [4.78, 5) is 22.4. The molecule has 1 aliphatic carbocycles. The molecule has 0 saturated carbocycles. The van der Waals surface area contributed by atoms with Crippen molar-refractivity contribution in [2.45, 2.75) is 46.0 Å². The van der Waals surface area contributed by atoms with Crippen LogP contribution < -0.4 is 5.73 Å². The Labute approximate surface area is 175 Å². The van der Waals surface area contributed by atoms with Gasteiger partial charge < -0.3 is 10.5 Å². The Hall–Kier alpha value is -2.66. The fourth-order valence-electron chi connectivity index (χ4n) is 4.14. The lowest BCUT2D eigenvalue weighted by molar-refractivity contribution is 0.0526. The van der Waals surface area contributed by atoms with E-state index in [1.165, 1.54) is 0 Å². The van der Waals surface area contributed by atoms with E-state index in [-0.39, 0.29) is 6.61 Å². The van der Waals surface area contributed by atoms with Gasteiger partial charge >= 0.3 is 5.97 Å². The van der Waals surface area contributed by atoms with Crippen molar-refractivity contribution in [3.8, 4) is 11.1 Å². The summed E-state index contributed by atoms with van der Waals surface area (Å²) in [6.07, 6.45) is 5.16. The van der Waals surface area contributed by atoms with Gasteiger partial charge in [0.2, 0.25) is 0 Å². The summed E-state index contributed by atoms with van der Waals surface area (Å²) in [7, 11) is 0. The van der Waals surface area contributed by atoms with Gasteiger partial charge in [0, 0.05) is 22.0 Å². The van der Waals surface area contributed by atoms with E-state index in [2.05, 4.69) is 4.98 Å². The van der Waals surface area contributed by atoms with Crippen molar-refractivity contribution < 1.29 is 9.53 Å². The summed E-state index contributed by atoms with van der Waals surface area (Å²) in [5.74, 6) is -0.404. The van der Waals surface area contributed by atoms with Gasteiger partial charge in [0.05, 0.1) is 23.3 Å². The Balaban J connectivity index is 2.10. The molecular formula is C23H24ClN3O2. The van der Waals surface area contributed by atoms with E-state index in [1.807, 2.05) is 19.1 Å². The number of esters is 1. The lowest BCUT2D eigenvalue weighted by Gasteiger charge is -2.19. The standard InChI is InChI=1S/C23H24ClN3O2/c1-3-29-23(28)18-13(2)26-22-20(19(18)14-9-11-15(24)12-10-14)21(25)16-7-5-4-6-8-17(16)27-22/h9-12H,3-8H2,1-2H3,(H2,25,26,27). The zero-order valence-corrected chi connectivity index (χ0v) is 17.5. The summed E-state index contributed by atoms with van der Waals surface area (Å²) < 4.78 is 5.35. The Bertz CT molecular complexity index is 1090. The SMILES string of the molecule is CCOC(=O)c1c(C)nc2nc3c(c(N)c2c1-c1ccc(Cl)cc1)CCCCC3. The first-order valence-electron chi connectivity index (χ1n) is 10.1. The molecule has 5 nitrogen and oxygen atoms in total. The van der Waals surface area contributed by atoms with E-state index >= 15 is 0 Å². The summed E-state index contributed by atoms with van der Waals surface area (Å²) in [5, 5.41) is 1.35. The minimum absolute atomic E-state index is 0.286. The number of pyridine rings is 2. The van der Waals surface area contributed by atoms with Gasteiger partial charge in [-0.05, 0) is 62.8 Å². The maximum absolute atomic E-state index is 12.9. The van der Waals surface area contributed by atoms with Gasteiger partial charge in [-0.1, -0.05) is 30.2 Å². The Morgan fingerprint density at radius 2 is 1.86 bits per heavy atom. The van der Waals surface area contributed by atoms with Gasteiger partial charge in [0.25, 0.3) is 0 Å². The maximum Gasteiger partial charge on any atom is 0.340 e. The van der Waals surface area contributed by atoms with E-state index in [9.17, 15) is 4.79 Å². The molecule has 0 bridgehead atoms. The number of halogens is 1. The van der Waals surface area contributed by atoms with Crippen LogP contribution in [0.1, 0.15) is 53.5 Å². The fraction of sp³-hybridized carbons (Fsp3) is 0.348. The zero-order chi connectivity index (χ0) is 20.5. The number of aryl methyl sites for hydroxylation is 2. The van der Waals surface area contributed by atoms with Crippen LogP contribution in [-0.4, -0.2) is 22.5 Å². The van der Waals surface area contributed by atoms with E-state index in [0.717, 1.165) is 59.9 Å². The molecular weight excluding hydrogens is 386 g/mol. The molecule has 0 amide bonds. The number of carbonyl (C=O) groups is 1. The van der Waals surface area contributed by atoms with Crippen LogP contribution in [0.25, 0.3) is 22.2 Å². The molecule has 2 N–H and O–H groups in total. The highest BCUT2D eigenvalue weighted by Crippen LogP contribution is 2.39. The average molecular weight is 410 g/mol. The summed E-state index contributed by atoms with van der Waals surface area (Å²) in [6.45, 7) is 3.89. The van der Waals surface area contributed by atoms with Crippen molar-refractivity contribution in [2.75, 3.05) is 12.3 Å². The van der Waals surface area contributed by atoms with Gasteiger partial charge in [0.1, 0.15) is 0 Å². The van der Waals surface area contributed by atoms with Crippen molar-refractivity contribution in [1.82, 2.24) is 9.97 Å². The molecule has 0 radical (unpaired) electrons. The lowest BCUT2D eigenvalue weighted by Crippen LogP contribution is -2.13. The smallest absolute Gasteiger partial charge is 0.340 e. The fourth-order valence-corrected chi connectivity index (χ4v) is 4.27. The number of benzene rings is 1. The molecule has 1 aliphatic rings. The number of fused-ring (bicyclic) bond motifs is 2. The zero-order valence-electron chi connectivity index (χ0n) is 16.7. The Morgan fingerprint density at radius 3 is 2.59 bits per heavy atom. The average Bonchev–Trinajstić information content (AvgIpc) is 2.93. The number of nitrogen functional groups attached to an aromatic ring is 1. The normalized spacial score (nSPS) is 13.8. The first-order chi connectivity index (χ1) is 14.0. The minimum Gasteiger partial charge on any atom is -0.462 e. The second-order valence-electron chi connectivity index (χ2n) is 7.38. The quantitative estimate of drug-likeness (QED) is 0.470. The highest BCUT2D eigenvalue weighted by atomic mass is 35.5. The Kier molecular flexibility index (Phi) is 5.41. The number of rotatable bonds is 3. The second kappa shape index (κ2) is 7.99. The predicted molar refractivity (Wildman–Crippen MR) is 116 cm³/mol. The van der Waals surface area contributed by atoms with Crippen LogP contribution in [0.3, 0.4) is 0 Å². The van der Waals surface area contributed by atoms with Gasteiger partial charge in [-0.3, -0.25) is 0 Å². The number of hydrogen-bond donors (Lipinski definition) is 1. The van der Waals surface area contributed by atoms with E-state index < -0.39 is 5.97 Å². The topological polar surface area (TPSA) is 78.1 Å². The third kappa shape index (κ3) is 3.55. The highest BCUT2D eigenvalue weighted by molar-refractivity contribution is 6.30. The first-order valence-corrected chi connectivity index (χ1v) is 10.4. The monoisotopic (exact) mass is 409 g/mol. The summed E-state index contributed by atoms with van der Waals surface area (Å²) in [6, 6.07) is 7.40. The number of anilines is 1. The van der Waals surface area contributed by atoms with Crippen LogP contribution in [0.5, 0.6) is 0 Å². The molecule has 0 unspecified atom stereocenters. The number of carbonyl (C=O) groups excluding carboxylic acids is 1. The van der Waals surface area contributed by atoms with Gasteiger partial charge in [-0.25, -0.2) is 14.8 Å². The van der Waals surface area contributed by atoms with Crippen molar-refractivity contribution in [3.05, 3.63) is 51.8 Å². The molecule has 0 saturated heterocycles. The summed E-state index contributed by atoms with van der Waals surface area (Å²) in [5.41, 5.74) is 12.7. The molecule has 4 rings (SSSR count). The molecule has 0 fully saturated rings. The summed E-state index contributed by atoms with van der Waals surface area (Å²) >= 11 is 6.10. The van der Waals surface area contributed by atoms with Crippen LogP contribution in [0.15, 0.2) is 24.3 Å². The van der Waals surface area contributed by atoms with Crippen LogP contribution >= 0.6 is 11.6 Å². The van der Waals surface area contributed by atoms with Gasteiger partial charge in [-0.15, -0.1) is 0 Å². The molecule has 6 heteroatoms. The van der Waals surface area contributed by atoms with E-state index in [0.29, 0.717) is 27.6 Å². The van der Waals surface area contributed by atoms with E-state index in [4.69, 9.17) is 27.1 Å². The van der Waals surface area contributed by atoms with Crippen LogP contribution in [0.4, 0.5) is 5.69 Å². The molecule has 0 aliphatic heterocycles. The van der Waals surface area contributed by atoms with Crippen molar-refractivity contribution in [2.24, 2.45) is 0 Å². The highest BCUT2D eigenvalue weighted by Gasteiger charge is 2.26. The molecule has 3 aromatic rings. The molecule has 2 aromatic heterocycles. The molecule has 29 heavy (non-hydrogen) atoms. The van der Waals surface area contributed by atoms with Gasteiger partial charge in [-0.2, -0.15) is 0 Å². The minimum atomic E-state index is -0.404. The molecule has 150 valence electrons. The lowest BCUT2D eigenvalue weighted by atomic mass is 9.92. The number of hydrogen-bond acceptors (Lipinski definition) is 5. The van der Waals surface area contributed by atoms with Crippen molar-refractivity contribution >= 4 is 34.3 Å². The number of ether oxygens (including phenoxy) is 1. The first kappa shape index (κ1) is 19.6. The number of nitrogens with zero attached hydrogens (tertiary/aromatic N) is 2. The van der Waals surface area contributed by atoms with E-state index in [1.54, 1.807) is 19.1 Å². The molecule has 2 heterocycles. The van der Waals surface area contributed by atoms with Crippen molar-refractivity contribution in [1.29, 1.82) is 0 Å². The van der Waals surface area contributed by atoms with Crippen molar-refractivity contribution in [3.63, 3.8) is 0 Å². The molecule has 0 atom stereocenters. The predicted octanol–water partition coefficient (Wildman–Crippen LogP) is 5.29. The van der Waals surface area contributed by atoms with Gasteiger partial charge in [0.15, 0.2) is 5.65 Å². The van der Waals surface area contributed by atoms with Crippen LogP contribution in [0.2, 0.25) is 5.02 Å². The molecule has 0 spiro atoms. The third-order valence-corrected chi connectivity index (χ3v) is 5.75. The maximum atomic E-state index is 12.9. The Morgan fingerprint density at radius 1 is 1.14 bits per heavy atom. The molecule has 1 aromatic carbocycles. The van der Waals surface area contributed by atoms with Crippen LogP contribution in [-0.2, 0) is 17.6 Å². The number of nitrogens with two attached hydrogens (primary N) is 1. The third-order valence-electron chi connectivity index (χ3n) is 5.50. The largest absolute Gasteiger partial charge is 0.462 e.